The second-order valence-corrected chi connectivity index (χ2v) is 8.96. The van der Waals surface area contributed by atoms with Crippen LogP contribution in [0.5, 0.6) is 5.75 Å². The summed E-state index contributed by atoms with van der Waals surface area (Å²) in [6.45, 7) is 5.31. The van der Waals surface area contributed by atoms with E-state index < -0.39 is 0 Å². The molecule has 1 aliphatic rings. The number of Topliss-reactive ketones (excluding diaryl/α,β-unsaturated/α-hetero) is 1. The minimum absolute atomic E-state index is 0.0500. The molecule has 3 aromatic rings. The molecule has 1 amide bonds. The van der Waals surface area contributed by atoms with Crippen LogP contribution in [0.15, 0.2) is 60.0 Å². The lowest BCUT2D eigenvalue weighted by Crippen LogP contribution is -2.61. The molecule has 0 saturated heterocycles. The Hall–Kier alpha value is -2.80. The van der Waals surface area contributed by atoms with E-state index in [1.807, 2.05) is 60.0 Å². The van der Waals surface area contributed by atoms with Crippen molar-refractivity contribution in [3.05, 3.63) is 71.1 Å². The molecule has 2 aromatic carbocycles. The molecule has 160 valence electrons. The smallest absolute Gasteiger partial charge is 0.356 e. The minimum atomic E-state index is -0.0818. The van der Waals surface area contributed by atoms with E-state index in [0.717, 1.165) is 16.1 Å². The van der Waals surface area contributed by atoms with Crippen molar-refractivity contribution in [1.29, 1.82) is 0 Å². The normalized spacial score (nSPS) is 17.4. The van der Waals surface area contributed by atoms with Gasteiger partial charge in [0.1, 0.15) is 23.5 Å². The fourth-order valence-corrected chi connectivity index (χ4v) is 5.26. The van der Waals surface area contributed by atoms with Gasteiger partial charge in [-0.25, -0.2) is 9.28 Å². The molecule has 1 aliphatic heterocycles. The zero-order valence-electron chi connectivity index (χ0n) is 18.1. The van der Waals surface area contributed by atoms with Crippen molar-refractivity contribution in [1.82, 2.24) is 9.80 Å². The molecule has 0 bridgehead atoms. The van der Waals surface area contributed by atoms with Gasteiger partial charge in [-0.15, -0.1) is 11.3 Å². The fraction of sp³-hybridized carbons (Fsp3) is 0.280. The van der Waals surface area contributed by atoms with Crippen LogP contribution in [0.25, 0.3) is 10.4 Å². The average Bonchev–Trinajstić information content (AvgIpc) is 3.22. The summed E-state index contributed by atoms with van der Waals surface area (Å²) in [6.07, 6.45) is 0. The maximum Gasteiger partial charge on any atom is 0.356 e. The van der Waals surface area contributed by atoms with Crippen molar-refractivity contribution in [3.8, 4) is 16.2 Å². The van der Waals surface area contributed by atoms with Gasteiger partial charge in [-0.3, -0.25) is 4.79 Å². The first kappa shape index (κ1) is 21.4. The first-order chi connectivity index (χ1) is 15.0. The lowest BCUT2D eigenvalue weighted by molar-refractivity contribution is 0.0712. The topological polar surface area (TPSA) is 55.4 Å². The molecular formula is C25H27N2O3S+. The molecule has 4 rings (SSSR count). The zero-order valence-corrected chi connectivity index (χ0v) is 18.9. The second-order valence-electron chi connectivity index (χ2n) is 8.08. The number of amides is 1. The Bertz CT molecular complexity index is 1110. The highest BCUT2D eigenvalue weighted by Crippen LogP contribution is 2.49. The van der Waals surface area contributed by atoms with Crippen LogP contribution in [0.4, 0.5) is 5.69 Å². The third kappa shape index (κ3) is 3.83. The summed E-state index contributed by atoms with van der Waals surface area (Å²) in [4.78, 5) is 28.4. The van der Waals surface area contributed by atoms with Crippen molar-refractivity contribution in [2.24, 2.45) is 0 Å². The summed E-state index contributed by atoms with van der Waals surface area (Å²) < 4.78 is 5.49. The predicted molar refractivity (Wildman–Crippen MR) is 126 cm³/mol. The summed E-state index contributed by atoms with van der Waals surface area (Å²) in [5.74, 6) is 0.443. The number of para-hydroxylation sites is 1. The molecule has 5 nitrogen and oxygen atoms in total. The highest BCUT2D eigenvalue weighted by molar-refractivity contribution is 7.14. The summed E-state index contributed by atoms with van der Waals surface area (Å²) >= 11 is 1.51. The van der Waals surface area contributed by atoms with Gasteiger partial charge in [-0.2, -0.15) is 0 Å². The molecular weight excluding hydrogens is 408 g/mol. The zero-order chi connectivity index (χ0) is 22.0. The van der Waals surface area contributed by atoms with Crippen LogP contribution in [-0.4, -0.2) is 44.5 Å². The molecule has 31 heavy (non-hydrogen) atoms. The lowest BCUT2D eigenvalue weighted by Gasteiger charge is -2.39. The minimum Gasteiger partial charge on any atom is -0.495 e. The number of carbonyl (C=O) groups excluding carboxylic acids is 2. The molecule has 0 fully saturated rings. The summed E-state index contributed by atoms with van der Waals surface area (Å²) in [5.41, 5.74) is 3.07. The number of hydrogen-bond acceptors (Lipinski definition) is 5. The van der Waals surface area contributed by atoms with E-state index in [9.17, 15) is 9.59 Å². The van der Waals surface area contributed by atoms with Gasteiger partial charge in [0.25, 0.3) is 0 Å². The molecule has 1 atom stereocenters. The summed E-state index contributed by atoms with van der Waals surface area (Å²) in [6, 6.07) is 17.4. The number of thiophene rings is 1. The Morgan fingerprint density at radius 2 is 1.81 bits per heavy atom. The summed E-state index contributed by atoms with van der Waals surface area (Å²) in [5, 5.41) is 5.30. The first-order valence-electron chi connectivity index (χ1n) is 10.5. The SMILES string of the molecule is COc1csc2c1C(=O)[N+](CCNC(C)C)(CC(=O)c1ccccc1)c1ccccc1-2. The van der Waals surface area contributed by atoms with Crippen LogP contribution in [0, 0.1) is 0 Å². The van der Waals surface area contributed by atoms with Crippen molar-refractivity contribution in [2.45, 2.75) is 19.9 Å². The fourth-order valence-electron chi connectivity index (χ4n) is 4.22. The number of rotatable bonds is 8. The monoisotopic (exact) mass is 435 g/mol. The number of nitrogens with zero attached hydrogens (tertiary/aromatic N) is 1. The highest BCUT2D eigenvalue weighted by atomic mass is 32.1. The van der Waals surface area contributed by atoms with E-state index >= 15 is 0 Å². The van der Waals surface area contributed by atoms with Gasteiger partial charge in [-0.05, 0) is 6.07 Å². The van der Waals surface area contributed by atoms with Crippen LogP contribution in [0.1, 0.15) is 34.6 Å². The maximum atomic E-state index is 14.1. The first-order valence-corrected chi connectivity index (χ1v) is 11.3. The number of benzene rings is 2. The number of hydrogen-bond donors (Lipinski definition) is 1. The van der Waals surface area contributed by atoms with E-state index in [-0.39, 0.29) is 28.8 Å². The van der Waals surface area contributed by atoms with Crippen LogP contribution in [0.3, 0.4) is 0 Å². The van der Waals surface area contributed by atoms with E-state index in [4.69, 9.17) is 4.74 Å². The Kier molecular flexibility index (Phi) is 6.05. The predicted octanol–water partition coefficient (Wildman–Crippen LogP) is 4.77. The number of ketones is 1. The maximum absolute atomic E-state index is 14.1. The number of nitrogens with one attached hydrogen (secondary N) is 1. The van der Waals surface area contributed by atoms with Crippen molar-refractivity contribution < 1.29 is 14.3 Å². The number of quaternary nitrogens is 1. The number of methoxy groups -OCH3 is 1. The van der Waals surface area contributed by atoms with Gasteiger partial charge < -0.3 is 10.1 Å². The standard InChI is InChI=1S/C25H27N2O3S/c1-17(2)26-13-14-27(15-21(28)18-9-5-4-6-10-18)20-12-8-7-11-19(20)24-23(25(27)29)22(30-3)16-31-24/h4-12,16-17,26H,13-15H2,1-3H3/q+1. The molecule has 1 aromatic heterocycles. The number of fused-ring (bicyclic) bond motifs is 3. The van der Waals surface area contributed by atoms with Crippen LogP contribution in [-0.2, 0) is 0 Å². The van der Waals surface area contributed by atoms with Gasteiger partial charge in [0, 0.05) is 29.6 Å². The quantitative estimate of drug-likeness (QED) is 0.409. The Morgan fingerprint density at radius 3 is 2.52 bits per heavy atom. The second kappa shape index (κ2) is 8.75. The van der Waals surface area contributed by atoms with E-state index in [1.54, 1.807) is 7.11 Å². The third-order valence-electron chi connectivity index (χ3n) is 5.75. The lowest BCUT2D eigenvalue weighted by atomic mass is 9.95. The molecule has 1 N–H and O–H groups in total. The van der Waals surface area contributed by atoms with Crippen LogP contribution < -0.4 is 14.5 Å². The third-order valence-corrected chi connectivity index (χ3v) is 6.74. The van der Waals surface area contributed by atoms with Gasteiger partial charge in [0.05, 0.1) is 17.6 Å². The van der Waals surface area contributed by atoms with Gasteiger partial charge in [0.2, 0.25) is 5.78 Å². The Labute approximate surface area is 186 Å². The average molecular weight is 436 g/mol. The van der Waals surface area contributed by atoms with Crippen LogP contribution >= 0.6 is 11.3 Å². The molecule has 2 heterocycles. The number of ether oxygens (including phenoxy) is 1. The molecule has 0 radical (unpaired) electrons. The van der Waals surface area contributed by atoms with Crippen molar-refractivity contribution >= 4 is 28.7 Å². The van der Waals surface area contributed by atoms with Gasteiger partial charge >= 0.3 is 5.91 Å². The molecule has 0 spiro atoms. The number of carbonyl (C=O) groups is 2. The van der Waals surface area contributed by atoms with Crippen molar-refractivity contribution in [3.63, 3.8) is 0 Å². The highest BCUT2D eigenvalue weighted by Gasteiger charge is 2.50. The van der Waals surface area contributed by atoms with Crippen LogP contribution in [0.2, 0.25) is 0 Å². The molecule has 0 aliphatic carbocycles. The Balaban J connectivity index is 1.86. The largest absolute Gasteiger partial charge is 0.495 e. The molecule has 6 heteroatoms. The van der Waals surface area contributed by atoms with E-state index in [1.165, 1.54) is 11.3 Å². The van der Waals surface area contributed by atoms with Gasteiger partial charge in [0.15, 0.2) is 6.54 Å². The molecule has 0 saturated carbocycles. The van der Waals surface area contributed by atoms with E-state index in [0.29, 0.717) is 30.0 Å². The molecule has 1 unspecified atom stereocenters. The Morgan fingerprint density at radius 1 is 1.10 bits per heavy atom. The van der Waals surface area contributed by atoms with E-state index in [2.05, 4.69) is 19.2 Å². The van der Waals surface area contributed by atoms with Gasteiger partial charge in [-0.1, -0.05) is 56.3 Å². The van der Waals surface area contributed by atoms with Crippen molar-refractivity contribution in [2.75, 3.05) is 26.7 Å². The summed E-state index contributed by atoms with van der Waals surface area (Å²) in [7, 11) is 1.58.